The number of fused-ring (bicyclic) bond motifs is 2. The van der Waals surface area contributed by atoms with Crippen LogP contribution in [0.1, 0.15) is 39.1 Å². The number of hydrogen-bond acceptors (Lipinski definition) is 6. The number of imide groups is 1. The minimum absolute atomic E-state index is 0.0527. The zero-order chi connectivity index (χ0) is 25.4. The molecule has 0 N–H and O–H groups in total. The van der Waals surface area contributed by atoms with E-state index in [2.05, 4.69) is 0 Å². The normalized spacial score (nSPS) is 12.8. The van der Waals surface area contributed by atoms with Crippen molar-refractivity contribution in [1.29, 1.82) is 0 Å². The van der Waals surface area contributed by atoms with E-state index in [-0.39, 0.29) is 48.1 Å². The molecular weight excluding hydrogens is 482 g/mol. The second-order valence-corrected chi connectivity index (χ2v) is 8.92. The van der Waals surface area contributed by atoms with Gasteiger partial charge in [-0.15, -0.1) is 0 Å². The van der Waals surface area contributed by atoms with Crippen LogP contribution in [-0.4, -0.2) is 29.2 Å². The van der Waals surface area contributed by atoms with Crippen LogP contribution in [0.25, 0.3) is 22.3 Å². The van der Waals surface area contributed by atoms with Gasteiger partial charge in [0.05, 0.1) is 16.5 Å². The molecule has 1 aliphatic rings. The molecule has 36 heavy (non-hydrogen) atoms. The third-order valence-electron chi connectivity index (χ3n) is 5.97. The van der Waals surface area contributed by atoms with Crippen LogP contribution in [0.3, 0.4) is 0 Å². The highest BCUT2D eigenvalue weighted by Gasteiger charge is 2.34. The highest BCUT2D eigenvalue weighted by Crippen LogP contribution is 2.32. The Morgan fingerprint density at radius 1 is 0.944 bits per heavy atom. The number of rotatable bonds is 6. The Balaban J connectivity index is 1.37. The summed E-state index contributed by atoms with van der Waals surface area (Å²) in [6.45, 7) is 1.93. The molecule has 0 bridgehead atoms. The number of halogens is 1. The molecule has 0 aliphatic carbocycles. The first-order valence-electron chi connectivity index (χ1n) is 11.3. The van der Waals surface area contributed by atoms with Crippen molar-refractivity contribution in [2.24, 2.45) is 0 Å². The van der Waals surface area contributed by atoms with E-state index in [1.807, 2.05) is 6.92 Å². The molecule has 8 heteroatoms. The van der Waals surface area contributed by atoms with E-state index < -0.39 is 11.4 Å². The molecule has 0 unspecified atom stereocenters. The Bertz CT molecular complexity index is 1550. The topological polar surface area (TPSA) is 93.9 Å². The lowest BCUT2D eigenvalue weighted by molar-refractivity contribution is -0.134. The van der Waals surface area contributed by atoms with Crippen LogP contribution in [0.2, 0.25) is 5.02 Å². The second kappa shape index (κ2) is 9.43. The molecule has 4 aromatic rings. The lowest BCUT2D eigenvalue weighted by Gasteiger charge is -2.14. The molecule has 0 radical (unpaired) electrons. The molecule has 180 valence electrons. The average molecular weight is 502 g/mol. The molecule has 0 spiro atoms. The van der Waals surface area contributed by atoms with E-state index in [1.165, 1.54) is 0 Å². The maximum Gasteiger partial charge on any atom is 0.311 e. The highest BCUT2D eigenvalue weighted by atomic mass is 35.5. The summed E-state index contributed by atoms with van der Waals surface area (Å²) >= 11 is 6.00. The van der Waals surface area contributed by atoms with Gasteiger partial charge >= 0.3 is 5.97 Å². The summed E-state index contributed by atoms with van der Waals surface area (Å²) in [5.74, 6) is -1.57. The zero-order valence-electron chi connectivity index (χ0n) is 19.2. The largest absolute Gasteiger partial charge is 0.452 e. The molecule has 7 nitrogen and oxygen atoms in total. The molecule has 2 amide bonds. The molecule has 1 aliphatic heterocycles. The van der Waals surface area contributed by atoms with Crippen molar-refractivity contribution in [3.63, 3.8) is 0 Å². The lowest BCUT2D eigenvalue weighted by Crippen LogP contribution is -2.31. The van der Waals surface area contributed by atoms with Gasteiger partial charge in [-0.25, -0.2) is 0 Å². The Morgan fingerprint density at radius 3 is 2.28 bits per heavy atom. The summed E-state index contributed by atoms with van der Waals surface area (Å²) in [6.07, 6.45) is 0.0670. The van der Waals surface area contributed by atoms with Gasteiger partial charge < -0.3 is 9.15 Å². The number of nitrogens with zero attached hydrogens (tertiary/aromatic N) is 1. The van der Waals surface area contributed by atoms with Gasteiger partial charge in [-0.2, -0.15) is 0 Å². The summed E-state index contributed by atoms with van der Waals surface area (Å²) < 4.78 is 11.5. The van der Waals surface area contributed by atoms with Gasteiger partial charge in [-0.3, -0.25) is 24.1 Å². The van der Waals surface area contributed by atoms with Gasteiger partial charge in [-0.05, 0) is 67.4 Å². The second-order valence-electron chi connectivity index (χ2n) is 8.48. The van der Waals surface area contributed by atoms with Gasteiger partial charge in [0.15, 0.2) is 5.76 Å². The fourth-order valence-electron chi connectivity index (χ4n) is 4.16. The average Bonchev–Trinajstić information content (AvgIpc) is 3.11. The summed E-state index contributed by atoms with van der Waals surface area (Å²) in [5, 5.41) is 0.788. The smallest absolute Gasteiger partial charge is 0.311 e. The van der Waals surface area contributed by atoms with Crippen LogP contribution in [-0.2, 0) is 4.79 Å². The first-order chi connectivity index (χ1) is 17.3. The molecular formula is C28H20ClNO6. The van der Waals surface area contributed by atoms with E-state index in [4.69, 9.17) is 20.8 Å². The third kappa shape index (κ3) is 4.29. The number of aryl methyl sites for hydroxylation is 1. The zero-order valence-corrected chi connectivity index (χ0v) is 20.0. The maximum atomic E-state index is 13.3. The minimum Gasteiger partial charge on any atom is -0.452 e. The van der Waals surface area contributed by atoms with Gasteiger partial charge in [0.1, 0.15) is 5.58 Å². The van der Waals surface area contributed by atoms with Gasteiger partial charge in [0.25, 0.3) is 11.8 Å². The van der Waals surface area contributed by atoms with Gasteiger partial charge in [0, 0.05) is 23.6 Å². The number of esters is 1. The standard InChI is InChI=1S/C28H20ClNO6/c1-16-8-13-21-22(15-16)35-25(17-9-11-18(29)12-10-17)26(24(21)32)36-23(31)7-4-14-30-27(33)19-5-2-3-6-20(19)28(30)34/h2-3,5-6,8-13,15H,4,7,14H2,1H3. The minimum atomic E-state index is -0.680. The first-order valence-corrected chi connectivity index (χ1v) is 11.7. The quantitative estimate of drug-likeness (QED) is 0.259. The molecule has 3 aromatic carbocycles. The number of carbonyl (C=O) groups excluding carboxylic acids is 3. The van der Waals surface area contributed by atoms with E-state index in [1.54, 1.807) is 66.7 Å². The number of benzene rings is 3. The Morgan fingerprint density at radius 2 is 1.61 bits per heavy atom. The van der Waals surface area contributed by atoms with E-state index in [9.17, 15) is 19.2 Å². The molecule has 5 rings (SSSR count). The Labute approximate surface area is 210 Å². The van der Waals surface area contributed by atoms with Crippen LogP contribution in [0, 0.1) is 6.92 Å². The summed E-state index contributed by atoms with van der Waals surface area (Å²) in [7, 11) is 0. The molecule has 2 heterocycles. The predicted octanol–water partition coefficient (Wildman–Crippen LogP) is 5.40. The maximum absolute atomic E-state index is 13.3. The number of carbonyl (C=O) groups is 3. The van der Waals surface area contributed by atoms with Crippen molar-refractivity contribution in [1.82, 2.24) is 4.90 Å². The van der Waals surface area contributed by atoms with Crippen molar-refractivity contribution in [2.45, 2.75) is 19.8 Å². The van der Waals surface area contributed by atoms with Crippen molar-refractivity contribution < 1.29 is 23.5 Å². The van der Waals surface area contributed by atoms with E-state index >= 15 is 0 Å². The van der Waals surface area contributed by atoms with Crippen LogP contribution in [0.4, 0.5) is 0 Å². The summed E-state index contributed by atoms with van der Waals surface area (Å²) in [5.41, 5.74) is 2.02. The molecule has 1 aromatic heterocycles. The predicted molar refractivity (Wildman–Crippen MR) is 134 cm³/mol. The first kappa shape index (κ1) is 23.5. The fourth-order valence-corrected chi connectivity index (χ4v) is 4.28. The van der Waals surface area contributed by atoms with Crippen LogP contribution in [0.15, 0.2) is 75.9 Å². The Hall–Kier alpha value is -4.23. The lowest BCUT2D eigenvalue weighted by atomic mass is 10.1. The van der Waals surface area contributed by atoms with Gasteiger partial charge in [0.2, 0.25) is 11.2 Å². The van der Waals surface area contributed by atoms with Crippen molar-refractivity contribution in [2.75, 3.05) is 6.54 Å². The van der Waals surface area contributed by atoms with E-state index in [0.717, 1.165) is 10.5 Å². The van der Waals surface area contributed by atoms with Crippen molar-refractivity contribution >= 4 is 40.4 Å². The fraction of sp³-hybridized carbons (Fsp3) is 0.143. The molecule has 0 saturated heterocycles. The SMILES string of the molecule is Cc1ccc2c(=O)c(OC(=O)CCCN3C(=O)c4ccccc4C3=O)c(-c3ccc(Cl)cc3)oc2c1. The van der Waals surface area contributed by atoms with E-state index in [0.29, 0.717) is 27.3 Å². The Kier molecular flexibility index (Phi) is 6.16. The van der Waals surface area contributed by atoms with Crippen LogP contribution < -0.4 is 10.2 Å². The van der Waals surface area contributed by atoms with Crippen LogP contribution in [0.5, 0.6) is 5.75 Å². The number of hydrogen-bond donors (Lipinski definition) is 0. The van der Waals surface area contributed by atoms with Crippen LogP contribution >= 0.6 is 11.6 Å². The highest BCUT2D eigenvalue weighted by molar-refractivity contribution is 6.30. The third-order valence-corrected chi connectivity index (χ3v) is 6.22. The van der Waals surface area contributed by atoms with Crippen molar-refractivity contribution in [3.8, 4) is 17.1 Å². The number of ether oxygens (including phenoxy) is 1. The monoisotopic (exact) mass is 501 g/mol. The molecule has 0 atom stereocenters. The summed E-state index contributed by atoms with van der Waals surface area (Å²) in [4.78, 5) is 52.2. The molecule has 0 fully saturated rings. The number of amides is 2. The molecule has 0 saturated carbocycles. The van der Waals surface area contributed by atoms with Crippen molar-refractivity contribution in [3.05, 3.63) is 98.7 Å². The van der Waals surface area contributed by atoms with Gasteiger partial charge in [-0.1, -0.05) is 29.8 Å². The summed E-state index contributed by atoms with van der Waals surface area (Å²) in [6, 6.07) is 18.4.